The van der Waals surface area contributed by atoms with Crippen LogP contribution in [-0.4, -0.2) is 41.5 Å². The number of halogens is 3. The molecule has 0 radical (unpaired) electrons. The average Bonchev–Trinajstić information content (AvgIpc) is 2.93. The summed E-state index contributed by atoms with van der Waals surface area (Å²) in [5, 5.41) is 13.1. The zero-order valence-electron chi connectivity index (χ0n) is 15.1. The zero-order valence-corrected chi connectivity index (χ0v) is 15.1. The number of nitro benzene ring substituents is 1. The number of carbonyl (C=O) groups is 1. The summed E-state index contributed by atoms with van der Waals surface area (Å²) in [6.45, 7) is 4.45. The number of rotatable bonds is 6. The van der Waals surface area contributed by atoms with Gasteiger partial charge >= 0.3 is 6.18 Å². The topological polar surface area (TPSA) is 90.7 Å². The third kappa shape index (κ3) is 5.16. The third-order valence-corrected chi connectivity index (χ3v) is 4.36. The van der Waals surface area contributed by atoms with Crippen molar-refractivity contribution in [2.45, 2.75) is 51.3 Å². The van der Waals surface area contributed by atoms with E-state index in [9.17, 15) is 28.1 Å². The number of hydrogen-bond donors (Lipinski definition) is 1. The van der Waals surface area contributed by atoms with Gasteiger partial charge in [-0.05, 0) is 32.4 Å². The Bertz CT molecular complexity index is 691. The molecule has 0 aliphatic carbocycles. The highest BCUT2D eigenvalue weighted by Gasteiger charge is 2.50. The van der Waals surface area contributed by atoms with Crippen molar-refractivity contribution in [3.8, 4) is 0 Å². The Balaban J connectivity index is 2.25. The van der Waals surface area contributed by atoms with E-state index in [1.807, 2.05) is 0 Å². The Morgan fingerprint density at radius 2 is 1.96 bits per heavy atom. The van der Waals surface area contributed by atoms with Gasteiger partial charge in [-0.1, -0.05) is 6.92 Å². The van der Waals surface area contributed by atoms with Crippen molar-refractivity contribution in [2.75, 3.05) is 6.61 Å². The molecule has 1 N–H and O–H groups in total. The number of hydrogen-bond acceptors (Lipinski definition) is 5. The second kappa shape index (κ2) is 7.81. The molecule has 1 amide bonds. The average molecular weight is 390 g/mol. The molecular formula is C17H21F3N2O5. The summed E-state index contributed by atoms with van der Waals surface area (Å²) in [5.41, 5.74) is -0.208. The van der Waals surface area contributed by atoms with Gasteiger partial charge in [0.15, 0.2) is 5.79 Å². The first kappa shape index (κ1) is 21.1. The molecule has 2 rings (SSSR count). The summed E-state index contributed by atoms with van der Waals surface area (Å²) in [6.07, 6.45) is -5.78. The zero-order chi connectivity index (χ0) is 20.4. The van der Waals surface area contributed by atoms with Crippen LogP contribution in [-0.2, 0) is 9.47 Å². The normalized spacial score (nSPS) is 21.5. The summed E-state index contributed by atoms with van der Waals surface area (Å²) < 4.78 is 51.4. The maximum atomic E-state index is 13.5. The van der Waals surface area contributed by atoms with Crippen molar-refractivity contribution < 1.29 is 32.4 Å². The van der Waals surface area contributed by atoms with E-state index in [0.29, 0.717) is 0 Å². The van der Waals surface area contributed by atoms with E-state index in [1.165, 1.54) is 19.1 Å². The smallest absolute Gasteiger partial charge is 0.348 e. The van der Waals surface area contributed by atoms with Gasteiger partial charge in [-0.25, -0.2) is 0 Å². The predicted octanol–water partition coefficient (Wildman–Crippen LogP) is 3.43. The van der Waals surface area contributed by atoms with Crippen molar-refractivity contribution in [3.63, 3.8) is 0 Å². The Morgan fingerprint density at radius 1 is 1.37 bits per heavy atom. The molecule has 7 nitrogen and oxygen atoms in total. The molecule has 0 saturated carbocycles. The van der Waals surface area contributed by atoms with E-state index in [2.05, 4.69) is 5.32 Å². The molecule has 1 aromatic rings. The number of nitrogens with one attached hydrogen (secondary N) is 1. The first-order valence-corrected chi connectivity index (χ1v) is 8.38. The SMILES string of the molecule is CC[C@@H]([C@@H](NC(=O)c1ccc([N+](=O)[O-])cc1)[C@H]1COC(C)(C)O1)C(F)(F)F. The highest BCUT2D eigenvalue weighted by molar-refractivity contribution is 5.94. The molecule has 150 valence electrons. The van der Waals surface area contributed by atoms with Gasteiger partial charge < -0.3 is 14.8 Å². The molecule has 1 aliphatic rings. The van der Waals surface area contributed by atoms with E-state index in [1.54, 1.807) is 13.8 Å². The second-order valence-electron chi connectivity index (χ2n) is 6.73. The van der Waals surface area contributed by atoms with Crippen LogP contribution in [0.25, 0.3) is 0 Å². The van der Waals surface area contributed by atoms with Crippen LogP contribution in [0.5, 0.6) is 0 Å². The van der Waals surface area contributed by atoms with E-state index >= 15 is 0 Å². The van der Waals surface area contributed by atoms with Crippen LogP contribution < -0.4 is 5.32 Å². The monoisotopic (exact) mass is 390 g/mol. The van der Waals surface area contributed by atoms with Crippen molar-refractivity contribution in [2.24, 2.45) is 5.92 Å². The van der Waals surface area contributed by atoms with E-state index in [-0.39, 0.29) is 24.3 Å². The lowest BCUT2D eigenvalue weighted by molar-refractivity contribution is -0.384. The van der Waals surface area contributed by atoms with E-state index in [0.717, 1.165) is 12.1 Å². The molecule has 1 heterocycles. The lowest BCUT2D eigenvalue weighted by atomic mass is 9.91. The first-order valence-electron chi connectivity index (χ1n) is 8.38. The number of alkyl halides is 3. The summed E-state index contributed by atoms with van der Waals surface area (Å²) in [7, 11) is 0. The summed E-state index contributed by atoms with van der Waals surface area (Å²) in [4.78, 5) is 22.5. The van der Waals surface area contributed by atoms with Crippen molar-refractivity contribution >= 4 is 11.6 Å². The van der Waals surface area contributed by atoms with Crippen LogP contribution in [0.15, 0.2) is 24.3 Å². The largest absolute Gasteiger partial charge is 0.393 e. The third-order valence-electron chi connectivity index (χ3n) is 4.36. The molecule has 1 aromatic carbocycles. The molecule has 0 bridgehead atoms. The van der Waals surface area contributed by atoms with Crippen LogP contribution in [0, 0.1) is 16.0 Å². The molecule has 1 saturated heterocycles. The number of nitro groups is 1. The highest BCUT2D eigenvalue weighted by Crippen LogP contribution is 2.36. The fraction of sp³-hybridized carbons (Fsp3) is 0.588. The minimum absolute atomic E-state index is 0.0146. The van der Waals surface area contributed by atoms with Crippen LogP contribution >= 0.6 is 0 Å². The van der Waals surface area contributed by atoms with Crippen LogP contribution in [0.4, 0.5) is 18.9 Å². The number of non-ortho nitro benzene ring substituents is 1. The van der Waals surface area contributed by atoms with Crippen molar-refractivity contribution in [3.05, 3.63) is 39.9 Å². The summed E-state index contributed by atoms with van der Waals surface area (Å²) in [5.74, 6) is -3.65. The minimum atomic E-state index is -4.54. The van der Waals surface area contributed by atoms with Gasteiger partial charge in [0, 0.05) is 17.7 Å². The minimum Gasteiger partial charge on any atom is -0.348 e. The number of amides is 1. The molecule has 0 aromatic heterocycles. The van der Waals surface area contributed by atoms with Gasteiger partial charge in [0.05, 0.1) is 23.5 Å². The summed E-state index contributed by atoms with van der Waals surface area (Å²) in [6, 6.07) is 3.25. The van der Waals surface area contributed by atoms with Crippen molar-refractivity contribution in [1.29, 1.82) is 0 Å². The van der Waals surface area contributed by atoms with E-state index < -0.39 is 40.9 Å². The molecule has 27 heavy (non-hydrogen) atoms. The highest BCUT2D eigenvalue weighted by atomic mass is 19.4. The Kier molecular flexibility index (Phi) is 6.10. The van der Waals surface area contributed by atoms with E-state index in [4.69, 9.17) is 9.47 Å². The molecule has 10 heteroatoms. The van der Waals surface area contributed by atoms with Gasteiger partial charge in [0.1, 0.15) is 6.10 Å². The van der Waals surface area contributed by atoms with Crippen LogP contribution in [0.1, 0.15) is 37.6 Å². The van der Waals surface area contributed by atoms with Crippen molar-refractivity contribution in [1.82, 2.24) is 5.32 Å². The number of nitrogens with zero attached hydrogens (tertiary/aromatic N) is 1. The van der Waals surface area contributed by atoms with Gasteiger partial charge in [-0.15, -0.1) is 0 Å². The first-order chi connectivity index (χ1) is 12.4. The standard InChI is InChI=1S/C17H21F3N2O5/c1-4-12(17(18,19)20)14(13-9-26-16(2,3)27-13)21-15(23)10-5-7-11(8-6-10)22(24)25/h5-8,12-14H,4,9H2,1-3H3,(H,21,23)/t12-,13+,14+/m0/s1. The fourth-order valence-corrected chi connectivity index (χ4v) is 3.00. The Morgan fingerprint density at radius 3 is 2.37 bits per heavy atom. The Hall–Kier alpha value is -2.20. The second-order valence-corrected chi connectivity index (χ2v) is 6.73. The maximum Gasteiger partial charge on any atom is 0.393 e. The van der Waals surface area contributed by atoms with Crippen LogP contribution in [0.2, 0.25) is 0 Å². The lowest BCUT2D eigenvalue weighted by Crippen LogP contribution is -2.53. The van der Waals surface area contributed by atoms with Gasteiger partial charge in [0.25, 0.3) is 11.6 Å². The Labute approximate surface area is 154 Å². The number of benzene rings is 1. The van der Waals surface area contributed by atoms with Gasteiger partial charge in [-0.2, -0.15) is 13.2 Å². The molecule has 1 aliphatic heterocycles. The maximum absolute atomic E-state index is 13.5. The fourth-order valence-electron chi connectivity index (χ4n) is 3.00. The molecule has 1 fully saturated rings. The number of ether oxygens (including phenoxy) is 2. The van der Waals surface area contributed by atoms with Gasteiger partial charge in [0.2, 0.25) is 0 Å². The quantitative estimate of drug-likeness (QED) is 0.594. The number of carbonyl (C=O) groups excluding carboxylic acids is 1. The molecule has 0 spiro atoms. The molecular weight excluding hydrogens is 369 g/mol. The summed E-state index contributed by atoms with van der Waals surface area (Å²) >= 11 is 0. The van der Waals surface area contributed by atoms with Gasteiger partial charge in [-0.3, -0.25) is 14.9 Å². The van der Waals surface area contributed by atoms with Crippen LogP contribution in [0.3, 0.4) is 0 Å². The molecule has 3 atom stereocenters. The predicted molar refractivity (Wildman–Crippen MR) is 89.1 cm³/mol. The lowest BCUT2D eigenvalue weighted by Gasteiger charge is -2.32. The molecule has 0 unspecified atom stereocenters.